The number of nitrogens with zero attached hydrogens (tertiary/aromatic N) is 5. The van der Waals surface area contributed by atoms with Crippen LogP contribution in [0.2, 0.25) is 0 Å². The molecule has 8 nitrogen and oxygen atoms in total. The molecule has 0 radical (unpaired) electrons. The first-order valence-corrected chi connectivity index (χ1v) is 10.4. The van der Waals surface area contributed by atoms with Crippen LogP contribution in [0.5, 0.6) is 5.75 Å². The van der Waals surface area contributed by atoms with Crippen molar-refractivity contribution in [3.8, 4) is 16.9 Å². The maximum Gasteiger partial charge on any atom is 0.344 e. The highest BCUT2D eigenvalue weighted by molar-refractivity contribution is 5.92. The van der Waals surface area contributed by atoms with Crippen LogP contribution in [-0.4, -0.2) is 55.7 Å². The summed E-state index contributed by atoms with van der Waals surface area (Å²) in [5, 5.41) is 4.09. The molecule has 1 amide bonds. The second kappa shape index (κ2) is 7.94. The maximum atomic E-state index is 12.7. The smallest absolute Gasteiger partial charge is 0.344 e. The standard InChI is InChI=1S/C23H23N5O3/c1-15(29)22-5-6-28(26-22)23(30)27-12-17-8-21(9-18(17)13-27)31-20-4-2-3-16(7-20)19-10-24-14-25-11-19/h2-7,10-11,14,17-18,21H,8-9,12-13H2,1H3/t17-,18+,21?. The molecule has 3 heterocycles. The van der Waals surface area contributed by atoms with E-state index in [-0.39, 0.29) is 17.9 Å². The van der Waals surface area contributed by atoms with Gasteiger partial charge in [-0.2, -0.15) is 9.78 Å². The van der Waals surface area contributed by atoms with Crippen molar-refractivity contribution in [2.24, 2.45) is 11.8 Å². The third-order valence-corrected chi connectivity index (χ3v) is 6.15. The molecule has 1 aliphatic carbocycles. The van der Waals surface area contributed by atoms with E-state index in [2.05, 4.69) is 15.1 Å². The molecule has 31 heavy (non-hydrogen) atoms. The van der Waals surface area contributed by atoms with Crippen LogP contribution >= 0.6 is 0 Å². The number of hydrogen-bond donors (Lipinski definition) is 0. The average molecular weight is 417 g/mol. The van der Waals surface area contributed by atoms with E-state index in [1.807, 2.05) is 29.2 Å². The van der Waals surface area contributed by atoms with Crippen LogP contribution in [0, 0.1) is 11.8 Å². The minimum absolute atomic E-state index is 0.142. The zero-order chi connectivity index (χ0) is 21.4. The summed E-state index contributed by atoms with van der Waals surface area (Å²) in [6.07, 6.45) is 8.64. The number of hydrogen-bond acceptors (Lipinski definition) is 6. The molecular weight excluding hydrogens is 394 g/mol. The second-order valence-corrected chi connectivity index (χ2v) is 8.28. The summed E-state index contributed by atoms with van der Waals surface area (Å²) in [6.45, 7) is 2.83. The largest absolute Gasteiger partial charge is 0.490 e. The van der Waals surface area contributed by atoms with Crippen molar-refractivity contribution in [2.45, 2.75) is 25.9 Å². The minimum atomic E-state index is -0.169. The zero-order valence-corrected chi connectivity index (χ0v) is 17.2. The molecule has 2 aliphatic rings. The van der Waals surface area contributed by atoms with E-state index in [0.717, 1.165) is 29.7 Å². The summed E-state index contributed by atoms with van der Waals surface area (Å²) < 4.78 is 7.55. The summed E-state index contributed by atoms with van der Waals surface area (Å²) in [4.78, 5) is 34.2. The quantitative estimate of drug-likeness (QED) is 0.605. The highest BCUT2D eigenvalue weighted by Gasteiger charge is 2.43. The normalized spacial score (nSPS) is 22.4. The second-order valence-electron chi connectivity index (χ2n) is 8.28. The van der Waals surface area contributed by atoms with Gasteiger partial charge in [-0.25, -0.2) is 14.8 Å². The molecular formula is C23H23N5O3. The van der Waals surface area contributed by atoms with Gasteiger partial charge < -0.3 is 9.64 Å². The minimum Gasteiger partial charge on any atom is -0.490 e. The van der Waals surface area contributed by atoms with E-state index >= 15 is 0 Å². The van der Waals surface area contributed by atoms with E-state index in [1.54, 1.807) is 24.7 Å². The van der Waals surface area contributed by atoms with Gasteiger partial charge in [0.2, 0.25) is 0 Å². The molecule has 1 aliphatic heterocycles. The van der Waals surface area contributed by atoms with Crippen molar-refractivity contribution in [3.63, 3.8) is 0 Å². The Kier molecular flexibility index (Phi) is 4.97. The molecule has 2 fully saturated rings. The fraction of sp³-hybridized carbons (Fsp3) is 0.348. The molecule has 5 rings (SSSR count). The van der Waals surface area contributed by atoms with Crippen LogP contribution in [-0.2, 0) is 0 Å². The number of ketones is 1. The third kappa shape index (κ3) is 3.93. The summed E-state index contributed by atoms with van der Waals surface area (Å²) >= 11 is 0. The number of likely N-dealkylation sites (tertiary alicyclic amines) is 1. The van der Waals surface area contributed by atoms with Crippen molar-refractivity contribution in [2.75, 3.05) is 13.1 Å². The fourth-order valence-corrected chi connectivity index (χ4v) is 4.65. The van der Waals surface area contributed by atoms with Crippen LogP contribution in [0.4, 0.5) is 4.79 Å². The van der Waals surface area contributed by atoms with Crippen molar-refractivity contribution in [1.29, 1.82) is 0 Å². The van der Waals surface area contributed by atoms with Crippen LogP contribution < -0.4 is 4.74 Å². The molecule has 3 aromatic rings. The highest BCUT2D eigenvalue weighted by atomic mass is 16.5. The lowest BCUT2D eigenvalue weighted by molar-refractivity contribution is 0.101. The van der Waals surface area contributed by atoms with Gasteiger partial charge >= 0.3 is 6.03 Å². The number of fused-ring (bicyclic) bond motifs is 1. The Morgan fingerprint density at radius 3 is 2.45 bits per heavy atom. The topological polar surface area (TPSA) is 90.2 Å². The molecule has 1 aromatic carbocycles. The SMILES string of the molecule is CC(=O)c1ccn(C(=O)N2C[C@H]3CC(Oc4cccc(-c5cncnc5)c4)C[C@H]3C2)n1. The molecule has 0 bridgehead atoms. The van der Waals surface area contributed by atoms with Gasteiger partial charge in [-0.05, 0) is 48.4 Å². The van der Waals surface area contributed by atoms with Gasteiger partial charge in [0.15, 0.2) is 5.78 Å². The van der Waals surface area contributed by atoms with E-state index in [0.29, 0.717) is 30.6 Å². The van der Waals surface area contributed by atoms with Gasteiger partial charge in [0.1, 0.15) is 17.8 Å². The number of benzene rings is 1. The number of ether oxygens (including phenoxy) is 1. The average Bonchev–Trinajstić information content (AvgIpc) is 3.49. The Bertz CT molecular complexity index is 1100. The lowest BCUT2D eigenvalue weighted by Gasteiger charge is -2.20. The lowest BCUT2D eigenvalue weighted by atomic mass is 10.0. The Balaban J connectivity index is 1.20. The molecule has 0 N–H and O–H groups in total. The van der Waals surface area contributed by atoms with Gasteiger partial charge in [-0.15, -0.1) is 0 Å². The number of carbonyl (C=O) groups excluding carboxylic acids is 2. The highest BCUT2D eigenvalue weighted by Crippen LogP contribution is 2.40. The van der Waals surface area contributed by atoms with Crippen LogP contribution in [0.15, 0.2) is 55.2 Å². The molecule has 0 spiro atoms. The van der Waals surface area contributed by atoms with Gasteiger partial charge in [-0.1, -0.05) is 12.1 Å². The molecule has 158 valence electrons. The first-order valence-electron chi connectivity index (χ1n) is 10.4. The van der Waals surface area contributed by atoms with E-state index < -0.39 is 0 Å². The maximum absolute atomic E-state index is 12.7. The van der Waals surface area contributed by atoms with E-state index in [9.17, 15) is 9.59 Å². The fourth-order valence-electron chi connectivity index (χ4n) is 4.65. The number of rotatable bonds is 4. The number of Topliss-reactive ketones (excluding diaryl/α,β-unsaturated/α-hetero) is 1. The van der Waals surface area contributed by atoms with Gasteiger partial charge in [0, 0.05) is 44.2 Å². The van der Waals surface area contributed by atoms with Crippen molar-refractivity contribution < 1.29 is 14.3 Å². The Morgan fingerprint density at radius 1 is 1.03 bits per heavy atom. The predicted octanol–water partition coefficient (Wildman–Crippen LogP) is 3.30. The van der Waals surface area contributed by atoms with Crippen molar-refractivity contribution >= 4 is 11.8 Å². The molecule has 3 atom stereocenters. The summed E-state index contributed by atoms with van der Waals surface area (Å²) in [7, 11) is 0. The van der Waals surface area contributed by atoms with Crippen molar-refractivity contribution in [3.05, 3.63) is 60.9 Å². The Labute approximate surface area is 179 Å². The molecule has 1 saturated heterocycles. The summed E-state index contributed by atoms with van der Waals surface area (Å²) in [5.41, 5.74) is 2.29. The predicted molar refractivity (Wildman–Crippen MR) is 113 cm³/mol. The van der Waals surface area contributed by atoms with Gasteiger partial charge in [0.25, 0.3) is 0 Å². The first kappa shape index (κ1) is 19.4. The molecule has 1 saturated carbocycles. The number of amides is 1. The number of carbonyl (C=O) groups is 2. The van der Waals surface area contributed by atoms with Gasteiger partial charge in [0.05, 0.1) is 6.10 Å². The van der Waals surface area contributed by atoms with Crippen molar-refractivity contribution in [1.82, 2.24) is 24.6 Å². The van der Waals surface area contributed by atoms with E-state index in [4.69, 9.17) is 4.74 Å². The van der Waals surface area contributed by atoms with Gasteiger partial charge in [-0.3, -0.25) is 4.79 Å². The van der Waals surface area contributed by atoms with Crippen LogP contribution in [0.25, 0.3) is 11.1 Å². The van der Waals surface area contributed by atoms with E-state index in [1.165, 1.54) is 17.9 Å². The Morgan fingerprint density at radius 2 is 1.77 bits per heavy atom. The van der Waals surface area contributed by atoms with Crippen LogP contribution in [0.1, 0.15) is 30.3 Å². The molecule has 8 heteroatoms. The molecule has 2 aromatic heterocycles. The monoisotopic (exact) mass is 417 g/mol. The zero-order valence-electron chi connectivity index (χ0n) is 17.2. The third-order valence-electron chi connectivity index (χ3n) is 6.15. The summed E-state index contributed by atoms with van der Waals surface area (Å²) in [5.74, 6) is 1.53. The molecule has 1 unspecified atom stereocenters. The Hall–Kier alpha value is -3.55. The first-order chi connectivity index (χ1) is 15.1. The lowest BCUT2D eigenvalue weighted by Crippen LogP contribution is -2.34. The number of aromatic nitrogens is 4. The van der Waals surface area contributed by atoms with Crippen LogP contribution in [0.3, 0.4) is 0 Å². The summed E-state index contributed by atoms with van der Waals surface area (Å²) in [6, 6.07) is 9.40.